The first-order chi connectivity index (χ1) is 12.3. The summed E-state index contributed by atoms with van der Waals surface area (Å²) in [7, 11) is 0. The van der Waals surface area contributed by atoms with Gasteiger partial charge in [-0.2, -0.15) is 0 Å². The lowest BCUT2D eigenvalue weighted by atomic mass is 10.1. The largest absolute Gasteiger partial charge is 0.378 e. The van der Waals surface area contributed by atoms with Gasteiger partial charge in [-0.05, 0) is 31.0 Å². The van der Waals surface area contributed by atoms with Crippen molar-refractivity contribution in [3.8, 4) is 0 Å². The van der Waals surface area contributed by atoms with Gasteiger partial charge in [0.1, 0.15) is 22.7 Å². The molecular formula is C16H18F2N4O3S. The summed E-state index contributed by atoms with van der Waals surface area (Å²) in [6.07, 6.45) is -0.922. The second-order valence-electron chi connectivity index (χ2n) is 5.57. The van der Waals surface area contributed by atoms with Crippen LogP contribution >= 0.6 is 11.3 Å². The van der Waals surface area contributed by atoms with Crippen LogP contribution in [0.25, 0.3) is 0 Å². The van der Waals surface area contributed by atoms with Crippen molar-refractivity contribution in [2.24, 2.45) is 0 Å². The molecule has 1 aromatic heterocycles. The number of hydrogen-bond donors (Lipinski definition) is 3. The Kier molecular flexibility index (Phi) is 6.70. The molecule has 1 heterocycles. The zero-order chi connectivity index (χ0) is 19.3. The first kappa shape index (κ1) is 19.9. The molecule has 0 radical (unpaired) electrons. The fraction of sp³-hybridized carbons (Fsp3) is 0.375. The minimum Gasteiger partial charge on any atom is -0.378 e. The number of halogens is 2. The average molecular weight is 384 g/mol. The van der Waals surface area contributed by atoms with E-state index in [1.807, 2.05) is 6.92 Å². The molecule has 0 saturated carbocycles. The lowest BCUT2D eigenvalue weighted by molar-refractivity contribution is -0.133. The fourth-order valence-electron chi connectivity index (χ4n) is 2.23. The van der Waals surface area contributed by atoms with E-state index >= 15 is 0 Å². The van der Waals surface area contributed by atoms with Gasteiger partial charge >= 0.3 is 0 Å². The van der Waals surface area contributed by atoms with Crippen molar-refractivity contribution in [1.82, 2.24) is 15.5 Å². The first-order valence-corrected chi connectivity index (χ1v) is 8.67. The van der Waals surface area contributed by atoms with Gasteiger partial charge in [0.05, 0.1) is 0 Å². The van der Waals surface area contributed by atoms with Gasteiger partial charge in [-0.15, -0.1) is 10.2 Å². The van der Waals surface area contributed by atoms with E-state index in [-0.39, 0.29) is 10.7 Å². The van der Waals surface area contributed by atoms with Crippen LogP contribution in [-0.2, 0) is 9.59 Å². The van der Waals surface area contributed by atoms with Crippen LogP contribution in [-0.4, -0.2) is 33.2 Å². The second kappa shape index (κ2) is 8.77. The summed E-state index contributed by atoms with van der Waals surface area (Å²) >= 11 is 1.18. The highest BCUT2D eigenvalue weighted by Crippen LogP contribution is 2.18. The molecule has 2 aromatic rings. The van der Waals surface area contributed by atoms with E-state index < -0.39 is 35.6 Å². The summed E-state index contributed by atoms with van der Waals surface area (Å²) in [4.78, 5) is 24.5. The number of anilines is 1. The Hall–Kier alpha value is -2.46. The van der Waals surface area contributed by atoms with Crippen molar-refractivity contribution in [1.29, 1.82) is 0 Å². The molecule has 0 spiro atoms. The van der Waals surface area contributed by atoms with Crippen LogP contribution in [0.2, 0.25) is 0 Å². The molecule has 140 valence electrons. The monoisotopic (exact) mass is 384 g/mol. The van der Waals surface area contributed by atoms with Crippen molar-refractivity contribution in [3.63, 3.8) is 0 Å². The third-order valence-corrected chi connectivity index (χ3v) is 4.17. The molecule has 0 saturated heterocycles. The van der Waals surface area contributed by atoms with Crippen LogP contribution < -0.4 is 10.6 Å². The molecule has 2 atom stereocenters. The SMILES string of the molecule is CCC[C@H](NC(=O)[C@H](O)c1cc(F)cc(F)c1)C(=O)Nc1nnc(C)s1. The number of nitrogens with one attached hydrogen (secondary N) is 2. The molecule has 0 bridgehead atoms. The minimum atomic E-state index is -1.81. The number of benzene rings is 1. The number of nitrogens with zero attached hydrogens (tertiary/aromatic N) is 2. The van der Waals surface area contributed by atoms with E-state index in [1.54, 1.807) is 6.92 Å². The highest BCUT2D eigenvalue weighted by atomic mass is 32.1. The van der Waals surface area contributed by atoms with Gasteiger partial charge in [0.25, 0.3) is 5.91 Å². The zero-order valence-electron chi connectivity index (χ0n) is 14.1. The van der Waals surface area contributed by atoms with Crippen LogP contribution in [0.5, 0.6) is 0 Å². The topological polar surface area (TPSA) is 104 Å². The predicted octanol–water partition coefficient (Wildman–Crippen LogP) is 2.08. The quantitative estimate of drug-likeness (QED) is 0.678. The van der Waals surface area contributed by atoms with E-state index in [4.69, 9.17) is 0 Å². The maximum Gasteiger partial charge on any atom is 0.254 e. The van der Waals surface area contributed by atoms with E-state index in [9.17, 15) is 23.5 Å². The summed E-state index contributed by atoms with van der Waals surface area (Å²) < 4.78 is 26.5. The number of aliphatic hydroxyl groups is 1. The maximum absolute atomic E-state index is 13.2. The minimum absolute atomic E-state index is 0.240. The van der Waals surface area contributed by atoms with Gasteiger partial charge in [0.15, 0.2) is 6.10 Å². The number of aromatic nitrogens is 2. The first-order valence-electron chi connectivity index (χ1n) is 7.85. The van der Waals surface area contributed by atoms with E-state index in [1.165, 1.54) is 11.3 Å². The normalized spacial score (nSPS) is 13.1. The van der Waals surface area contributed by atoms with Crippen LogP contribution in [0, 0.1) is 18.6 Å². The van der Waals surface area contributed by atoms with Crippen LogP contribution in [0.1, 0.15) is 36.4 Å². The van der Waals surface area contributed by atoms with E-state index in [0.29, 0.717) is 23.9 Å². The third kappa shape index (κ3) is 5.27. The Bertz CT molecular complexity index is 779. The number of aryl methyl sites for hydroxylation is 1. The molecule has 2 rings (SSSR count). The van der Waals surface area contributed by atoms with Gasteiger partial charge in [-0.25, -0.2) is 8.78 Å². The number of carbonyl (C=O) groups is 2. The van der Waals surface area contributed by atoms with Crippen molar-refractivity contribution >= 4 is 28.3 Å². The zero-order valence-corrected chi connectivity index (χ0v) is 14.9. The number of amides is 2. The van der Waals surface area contributed by atoms with Crippen LogP contribution in [0.15, 0.2) is 18.2 Å². The van der Waals surface area contributed by atoms with Crippen molar-refractivity contribution in [3.05, 3.63) is 40.4 Å². The Balaban J connectivity index is 2.07. The molecule has 0 aliphatic rings. The lowest BCUT2D eigenvalue weighted by Gasteiger charge is -2.19. The second-order valence-corrected chi connectivity index (χ2v) is 6.75. The van der Waals surface area contributed by atoms with Crippen molar-refractivity contribution in [2.45, 2.75) is 38.8 Å². The Morgan fingerprint density at radius 2 is 1.85 bits per heavy atom. The van der Waals surface area contributed by atoms with Crippen molar-refractivity contribution in [2.75, 3.05) is 5.32 Å². The fourth-order valence-corrected chi connectivity index (χ4v) is 2.83. The summed E-state index contributed by atoms with van der Waals surface area (Å²) in [5.74, 6) is -3.28. The molecule has 0 fully saturated rings. The summed E-state index contributed by atoms with van der Waals surface area (Å²) in [6, 6.07) is 1.40. The summed E-state index contributed by atoms with van der Waals surface area (Å²) in [6.45, 7) is 3.55. The summed E-state index contributed by atoms with van der Waals surface area (Å²) in [5.41, 5.74) is -0.240. The average Bonchev–Trinajstić information content (AvgIpc) is 2.97. The number of carbonyl (C=O) groups excluding carboxylic acids is 2. The van der Waals surface area contributed by atoms with Crippen LogP contribution in [0.3, 0.4) is 0 Å². The summed E-state index contributed by atoms with van der Waals surface area (Å²) in [5, 5.41) is 23.5. The molecule has 10 heteroatoms. The molecule has 0 unspecified atom stereocenters. The van der Waals surface area contributed by atoms with Crippen molar-refractivity contribution < 1.29 is 23.5 Å². The van der Waals surface area contributed by atoms with Gasteiger partial charge in [0.2, 0.25) is 11.0 Å². The lowest BCUT2D eigenvalue weighted by Crippen LogP contribution is -2.45. The van der Waals surface area contributed by atoms with E-state index in [2.05, 4.69) is 20.8 Å². The molecule has 3 N–H and O–H groups in total. The highest BCUT2D eigenvalue weighted by Gasteiger charge is 2.26. The van der Waals surface area contributed by atoms with E-state index in [0.717, 1.165) is 12.1 Å². The Morgan fingerprint density at radius 1 is 1.19 bits per heavy atom. The molecule has 26 heavy (non-hydrogen) atoms. The third-order valence-electron chi connectivity index (χ3n) is 3.42. The van der Waals surface area contributed by atoms with Gasteiger partial charge < -0.3 is 10.4 Å². The standard InChI is InChI=1S/C16H18F2N4O3S/c1-3-4-12(14(24)20-16-22-21-8(2)26-16)19-15(25)13(23)9-5-10(17)7-11(18)6-9/h5-7,12-13,23H,3-4H2,1-2H3,(H,19,25)(H,20,22,24)/t12-,13+/m0/s1. The molecule has 2 amide bonds. The number of aliphatic hydroxyl groups excluding tert-OH is 1. The van der Waals surface area contributed by atoms with Gasteiger partial charge in [0, 0.05) is 6.07 Å². The smallest absolute Gasteiger partial charge is 0.254 e. The molecule has 7 nitrogen and oxygen atoms in total. The number of hydrogen-bond acceptors (Lipinski definition) is 6. The Morgan fingerprint density at radius 3 is 2.38 bits per heavy atom. The molecule has 1 aromatic carbocycles. The number of rotatable bonds is 7. The molecule has 0 aliphatic heterocycles. The predicted molar refractivity (Wildman–Crippen MR) is 91.4 cm³/mol. The highest BCUT2D eigenvalue weighted by molar-refractivity contribution is 7.15. The van der Waals surface area contributed by atoms with Crippen LogP contribution in [0.4, 0.5) is 13.9 Å². The Labute approximate surface area is 152 Å². The molecular weight excluding hydrogens is 366 g/mol. The maximum atomic E-state index is 13.2. The van der Waals surface area contributed by atoms with Gasteiger partial charge in [-0.1, -0.05) is 24.7 Å². The molecule has 0 aliphatic carbocycles. The van der Waals surface area contributed by atoms with Gasteiger partial charge in [-0.3, -0.25) is 14.9 Å².